The maximum Gasteiger partial charge on any atom is 0.0713 e. The van der Waals surface area contributed by atoms with Crippen LogP contribution in [0.2, 0.25) is 0 Å². The van der Waals surface area contributed by atoms with Crippen LogP contribution < -0.4 is 9.80 Å². The van der Waals surface area contributed by atoms with Gasteiger partial charge in [-0.2, -0.15) is 0 Å². The highest BCUT2D eigenvalue weighted by atomic mass is 15.1. The van der Waals surface area contributed by atoms with Gasteiger partial charge in [0, 0.05) is 40.1 Å². The Labute approximate surface area is 371 Å². The van der Waals surface area contributed by atoms with E-state index in [1.54, 1.807) is 0 Å². The lowest BCUT2D eigenvalue weighted by molar-refractivity contribution is 0.768. The van der Waals surface area contributed by atoms with Gasteiger partial charge in [-0.3, -0.25) is 0 Å². The van der Waals surface area contributed by atoms with Crippen LogP contribution in [0.3, 0.4) is 0 Å². The molecule has 2 nitrogen and oxygen atoms in total. The summed E-state index contributed by atoms with van der Waals surface area (Å²) >= 11 is 0. The SMILES string of the molecule is C1=CC(c2ccccc2)CC=C1N(c1ccccc1)c1ccc(C2(c3ccc(N(c4ccccc4)c4ccc(-c5ccccc5)cc4)cc3)c3ccccc3-c3ccccc32)cc1. The van der Waals surface area contributed by atoms with Gasteiger partial charge in [-0.1, -0.05) is 194 Å². The summed E-state index contributed by atoms with van der Waals surface area (Å²) in [5.74, 6) is 0.364. The summed E-state index contributed by atoms with van der Waals surface area (Å²) in [6, 6.07) is 88.4. The average molecular weight is 807 g/mol. The maximum absolute atomic E-state index is 2.39. The van der Waals surface area contributed by atoms with Crippen LogP contribution in [0.25, 0.3) is 22.3 Å². The molecular formula is C61H46N2. The van der Waals surface area contributed by atoms with Crippen molar-refractivity contribution in [2.75, 3.05) is 9.80 Å². The number of hydrogen-bond acceptors (Lipinski definition) is 2. The number of nitrogens with zero attached hydrogens (tertiary/aromatic N) is 2. The summed E-state index contributed by atoms with van der Waals surface area (Å²) in [4.78, 5) is 4.75. The van der Waals surface area contributed by atoms with E-state index in [-0.39, 0.29) is 0 Å². The Bertz CT molecular complexity index is 3000. The normalized spacial score (nSPS) is 14.6. The van der Waals surface area contributed by atoms with E-state index < -0.39 is 5.41 Å². The van der Waals surface area contributed by atoms with Gasteiger partial charge in [0.1, 0.15) is 0 Å². The molecule has 0 spiro atoms. The van der Waals surface area contributed by atoms with Gasteiger partial charge in [-0.25, -0.2) is 0 Å². The quantitative estimate of drug-likeness (QED) is 0.136. The first kappa shape index (κ1) is 38.0. The molecule has 0 saturated carbocycles. The molecule has 1 atom stereocenters. The van der Waals surface area contributed by atoms with Gasteiger partial charge < -0.3 is 9.80 Å². The van der Waals surface area contributed by atoms with Crippen molar-refractivity contribution in [2.24, 2.45) is 0 Å². The number of para-hydroxylation sites is 2. The Balaban J connectivity index is 1.01. The molecule has 0 radical (unpaired) electrons. The van der Waals surface area contributed by atoms with Crippen molar-refractivity contribution in [1.82, 2.24) is 0 Å². The van der Waals surface area contributed by atoms with Crippen LogP contribution >= 0.6 is 0 Å². The third-order valence-corrected chi connectivity index (χ3v) is 12.9. The van der Waals surface area contributed by atoms with Gasteiger partial charge in [0.25, 0.3) is 0 Å². The first-order valence-electron chi connectivity index (χ1n) is 22.0. The van der Waals surface area contributed by atoms with Crippen molar-refractivity contribution in [3.8, 4) is 22.3 Å². The van der Waals surface area contributed by atoms with Crippen molar-refractivity contribution in [3.05, 3.63) is 294 Å². The Morgan fingerprint density at radius 2 is 0.746 bits per heavy atom. The third kappa shape index (κ3) is 6.87. The predicted octanol–water partition coefficient (Wildman–Crippen LogP) is 16.0. The minimum Gasteiger partial charge on any atom is -0.311 e. The zero-order valence-corrected chi connectivity index (χ0v) is 35.0. The average Bonchev–Trinajstić information content (AvgIpc) is 3.67. The fourth-order valence-electron chi connectivity index (χ4n) is 9.95. The highest BCUT2D eigenvalue weighted by Crippen LogP contribution is 2.56. The number of anilines is 5. The van der Waals surface area contributed by atoms with Crippen LogP contribution in [-0.2, 0) is 5.41 Å². The van der Waals surface area contributed by atoms with Gasteiger partial charge in [0.2, 0.25) is 0 Å². The van der Waals surface area contributed by atoms with Gasteiger partial charge in [-0.05, 0) is 123 Å². The second-order valence-electron chi connectivity index (χ2n) is 16.4. The third-order valence-electron chi connectivity index (χ3n) is 12.9. The van der Waals surface area contributed by atoms with E-state index in [1.165, 1.54) is 55.8 Å². The maximum atomic E-state index is 2.39. The van der Waals surface area contributed by atoms with Crippen molar-refractivity contribution in [2.45, 2.75) is 17.8 Å². The summed E-state index contributed by atoms with van der Waals surface area (Å²) in [6.45, 7) is 0. The van der Waals surface area contributed by atoms with E-state index in [2.05, 4.69) is 271 Å². The Morgan fingerprint density at radius 1 is 0.349 bits per heavy atom. The number of fused-ring (bicyclic) bond motifs is 3. The molecule has 9 aromatic carbocycles. The van der Waals surface area contributed by atoms with Crippen LogP contribution in [0.15, 0.2) is 267 Å². The fraction of sp³-hybridized carbons (Fsp3) is 0.0492. The molecule has 0 aliphatic heterocycles. The molecule has 0 aromatic heterocycles. The molecule has 11 rings (SSSR count). The molecule has 63 heavy (non-hydrogen) atoms. The molecular weight excluding hydrogens is 761 g/mol. The van der Waals surface area contributed by atoms with Gasteiger partial charge in [-0.15, -0.1) is 0 Å². The second kappa shape index (κ2) is 16.5. The summed E-state index contributed by atoms with van der Waals surface area (Å²) in [7, 11) is 0. The van der Waals surface area contributed by atoms with Crippen LogP contribution in [-0.4, -0.2) is 0 Å². The highest BCUT2D eigenvalue weighted by Gasteiger charge is 2.46. The molecule has 2 aliphatic carbocycles. The Hall–Kier alpha value is -7.94. The zero-order valence-electron chi connectivity index (χ0n) is 35.0. The molecule has 0 N–H and O–H groups in total. The zero-order chi connectivity index (χ0) is 42.0. The first-order valence-corrected chi connectivity index (χ1v) is 22.0. The van der Waals surface area contributed by atoms with Gasteiger partial charge >= 0.3 is 0 Å². The van der Waals surface area contributed by atoms with Crippen LogP contribution in [0.5, 0.6) is 0 Å². The van der Waals surface area contributed by atoms with E-state index in [9.17, 15) is 0 Å². The molecule has 300 valence electrons. The molecule has 0 bridgehead atoms. The lowest BCUT2D eigenvalue weighted by Crippen LogP contribution is -2.28. The minimum absolute atomic E-state index is 0.364. The van der Waals surface area contributed by atoms with Crippen LogP contribution in [0.1, 0.15) is 40.2 Å². The van der Waals surface area contributed by atoms with Gasteiger partial charge in [0.15, 0.2) is 0 Å². The molecule has 0 heterocycles. The summed E-state index contributed by atoms with van der Waals surface area (Å²) in [5.41, 5.74) is 17.6. The van der Waals surface area contributed by atoms with E-state index >= 15 is 0 Å². The first-order chi connectivity index (χ1) is 31.3. The second-order valence-corrected chi connectivity index (χ2v) is 16.4. The number of rotatable bonds is 10. The summed E-state index contributed by atoms with van der Waals surface area (Å²) in [5, 5.41) is 0. The van der Waals surface area contributed by atoms with Crippen molar-refractivity contribution in [3.63, 3.8) is 0 Å². The summed E-state index contributed by atoms with van der Waals surface area (Å²) in [6.07, 6.45) is 8.00. The molecule has 0 amide bonds. The van der Waals surface area contributed by atoms with Crippen LogP contribution in [0.4, 0.5) is 28.4 Å². The van der Waals surface area contributed by atoms with Gasteiger partial charge in [0.05, 0.1) is 5.41 Å². The lowest BCUT2D eigenvalue weighted by Gasteiger charge is -2.35. The molecule has 0 fully saturated rings. The lowest BCUT2D eigenvalue weighted by atomic mass is 9.67. The smallest absolute Gasteiger partial charge is 0.0713 e. The van der Waals surface area contributed by atoms with Crippen molar-refractivity contribution in [1.29, 1.82) is 0 Å². The standard InChI is InChI=1S/C61H46N2/c1-5-17-45(18-6-1)47-29-37-53(38-30-47)62(51-21-9-3-10-22-51)55-41-33-49(34-42-55)61(59-27-15-13-25-57(59)58-26-14-16-28-60(58)61)50-35-43-56(44-36-50)63(52-23-11-4-12-24-52)54-39-31-48(32-40-54)46-19-7-2-8-20-46/h1-31,33-44,48H,32H2. The Morgan fingerprint density at radius 3 is 1.25 bits per heavy atom. The number of hydrogen-bond donors (Lipinski definition) is 0. The van der Waals surface area contributed by atoms with E-state index in [4.69, 9.17) is 0 Å². The highest BCUT2D eigenvalue weighted by molar-refractivity contribution is 5.87. The van der Waals surface area contributed by atoms with Crippen molar-refractivity contribution >= 4 is 28.4 Å². The number of benzene rings is 9. The Kier molecular flexibility index (Phi) is 9.95. The van der Waals surface area contributed by atoms with E-state index in [0.29, 0.717) is 5.92 Å². The van der Waals surface area contributed by atoms with Crippen molar-refractivity contribution < 1.29 is 0 Å². The molecule has 2 aliphatic rings. The fourth-order valence-corrected chi connectivity index (χ4v) is 9.95. The largest absolute Gasteiger partial charge is 0.311 e. The molecule has 2 heteroatoms. The number of allylic oxidation sites excluding steroid dienone is 3. The molecule has 1 unspecified atom stereocenters. The van der Waals surface area contributed by atoms with E-state index in [0.717, 1.165) is 34.9 Å². The minimum atomic E-state index is -0.538. The summed E-state index contributed by atoms with van der Waals surface area (Å²) < 4.78 is 0. The monoisotopic (exact) mass is 806 g/mol. The van der Waals surface area contributed by atoms with Crippen LogP contribution in [0, 0.1) is 0 Å². The van der Waals surface area contributed by atoms with E-state index in [1.807, 2.05) is 0 Å². The molecule has 9 aromatic rings. The topological polar surface area (TPSA) is 6.48 Å². The predicted molar refractivity (Wildman–Crippen MR) is 263 cm³/mol. The molecule has 0 saturated heterocycles.